The zero-order valence-electron chi connectivity index (χ0n) is 14.7. The monoisotopic (exact) mass is 379 g/mol. The summed E-state index contributed by atoms with van der Waals surface area (Å²) in [5, 5.41) is 8.24. The van der Waals surface area contributed by atoms with Crippen molar-refractivity contribution in [1.29, 1.82) is 0 Å². The minimum atomic E-state index is -1.01. The molecule has 1 heterocycles. The van der Waals surface area contributed by atoms with Gasteiger partial charge >= 0.3 is 5.97 Å². The average molecular weight is 379 g/mol. The summed E-state index contributed by atoms with van der Waals surface area (Å²) in [5.41, 5.74) is 2.98. The van der Waals surface area contributed by atoms with Crippen LogP contribution < -0.4 is 0 Å². The topological polar surface area (TPSA) is 57.0 Å². The molecule has 0 fully saturated rings. The Hall–Kier alpha value is -3.61. The Labute approximate surface area is 159 Å². The molecule has 4 aromatic rings. The van der Waals surface area contributed by atoms with Crippen molar-refractivity contribution in [2.24, 2.45) is 0 Å². The fraction of sp³-hybridized carbons (Fsp3) is 0.0952. The second-order valence-electron chi connectivity index (χ2n) is 6.22. The van der Waals surface area contributed by atoms with Crippen LogP contribution in [0, 0.1) is 11.6 Å². The number of nitrogens with zero attached hydrogens (tertiary/aromatic N) is 3. The molecule has 4 rings (SSSR count). The lowest BCUT2D eigenvalue weighted by Crippen LogP contribution is -2.07. The number of carbonyl (C=O) groups excluding carboxylic acids is 1. The van der Waals surface area contributed by atoms with Gasteiger partial charge in [-0.15, -0.1) is 5.10 Å². The standard InChI is InChI=1S/C21H15F2N3O2/c22-17-5-3-4-16(20(17)23)13-28-21(27)15-10-8-14(9-11-15)12-26-19-7-2-1-6-18(19)24-25-26/h1-11H,12-13H2. The maximum atomic E-state index is 13.6. The third-order valence-corrected chi connectivity index (χ3v) is 4.33. The first-order valence-electron chi connectivity index (χ1n) is 8.59. The minimum absolute atomic E-state index is 0.0111. The summed E-state index contributed by atoms with van der Waals surface area (Å²) in [6, 6.07) is 18.2. The molecule has 0 bridgehead atoms. The molecule has 0 radical (unpaired) electrons. The second-order valence-corrected chi connectivity index (χ2v) is 6.22. The minimum Gasteiger partial charge on any atom is -0.457 e. The molecular formula is C21H15F2N3O2. The lowest BCUT2D eigenvalue weighted by Gasteiger charge is -2.07. The molecule has 0 N–H and O–H groups in total. The number of ether oxygens (including phenoxy) is 1. The van der Waals surface area contributed by atoms with Crippen LogP contribution in [0.2, 0.25) is 0 Å². The third kappa shape index (κ3) is 3.59. The van der Waals surface area contributed by atoms with Gasteiger partial charge in [0.05, 0.1) is 17.6 Å². The van der Waals surface area contributed by atoms with Gasteiger partial charge in [0.25, 0.3) is 0 Å². The van der Waals surface area contributed by atoms with Crippen molar-refractivity contribution >= 4 is 17.0 Å². The first-order chi connectivity index (χ1) is 13.6. The molecule has 0 spiro atoms. The SMILES string of the molecule is O=C(OCc1cccc(F)c1F)c1ccc(Cn2nnc3ccccc32)cc1. The number of aromatic nitrogens is 3. The Morgan fingerprint density at radius 2 is 1.75 bits per heavy atom. The van der Waals surface area contributed by atoms with Gasteiger partial charge < -0.3 is 4.74 Å². The van der Waals surface area contributed by atoms with E-state index in [1.165, 1.54) is 12.1 Å². The molecule has 28 heavy (non-hydrogen) atoms. The predicted molar refractivity (Wildman–Crippen MR) is 98.5 cm³/mol. The van der Waals surface area contributed by atoms with Crippen LogP contribution in [-0.4, -0.2) is 21.0 Å². The Kier molecular flexibility index (Phi) is 4.80. The van der Waals surface area contributed by atoms with Gasteiger partial charge in [-0.3, -0.25) is 0 Å². The molecule has 0 aliphatic heterocycles. The molecule has 3 aromatic carbocycles. The number of fused-ring (bicyclic) bond motifs is 1. The van der Waals surface area contributed by atoms with E-state index in [0.29, 0.717) is 12.1 Å². The summed E-state index contributed by atoms with van der Waals surface area (Å²) in [4.78, 5) is 12.2. The van der Waals surface area contributed by atoms with Crippen molar-refractivity contribution in [2.45, 2.75) is 13.2 Å². The van der Waals surface area contributed by atoms with Crippen molar-refractivity contribution in [3.05, 3.63) is 95.1 Å². The van der Waals surface area contributed by atoms with Crippen LogP contribution in [0.3, 0.4) is 0 Å². The summed E-state index contributed by atoms with van der Waals surface area (Å²) in [6.07, 6.45) is 0. The van der Waals surface area contributed by atoms with Gasteiger partial charge in [0.2, 0.25) is 0 Å². The normalized spacial score (nSPS) is 10.9. The molecule has 0 amide bonds. The summed E-state index contributed by atoms with van der Waals surface area (Å²) >= 11 is 0. The number of rotatable bonds is 5. The van der Waals surface area contributed by atoms with Crippen molar-refractivity contribution in [3.8, 4) is 0 Å². The van der Waals surface area contributed by atoms with Crippen LogP contribution in [0.4, 0.5) is 8.78 Å². The Morgan fingerprint density at radius 1 is 0.964 bits per heavy atom. The predicted octanol–water partition coefficient (Wildman–Crippen LogP) is 4.11. The molecular weight excluding hydrogens is 364 g/mol. The average Bonchev–Trinajstić information content (AvgIpc) is 3.12. The fourth-order valence-corrected chi connectivity index (χ4v) is 2.84. The number of benzene rings is 3. The van der Waals surface area contributed by atoms with Crippen molar-refractivity contribution in [3.63, 3.8) is 0 Å². The fourth-order valence-electron chi connectivity index (χ4n) is 2.84. The first kappa shape index (κ1) is 17.8. The van der Waals surface area contributed by atoms with E-state index in [1.54, 1.807) is 28.9 Å². The molecule has 0 unspecified atom stereocenters. The summed E-state index contributed by atoms with van der Waals surface area (Å²) in [5.74, 6) is -2.59. The number of para-hydroxylation sites is 1. The lowest BCUT2D eigenvalue weighted by atomic mass is 10.1. The summed E-state index contributed by atoms with van der Waals surface area (Å²) in [6.45, 7) is 0.166. The highest BCUT2D eigenvalue weighted by Gasteiger charge is 2.12. The zero-order chi connectivity index (χ0) is 19.5. The van der Waals surface area contributed by atoms with E-state index in [9.17, 15) is 13.6 Å². The molecule has 0 atom stereocenters. The van der Waals surface area contributed by atoms with Gasteiger partial charge in [0.15, 0.2) is 11.6 Å². The molecule has 140 valence electrons. The lowest BCUT2D eigenvalue weighted by molar-refractivity contribution is 0.0468. The van der Waals surface area contributed by atoms with E-state index in [4.69, 9.17) is 4.74 Å². The van der Waals surface area contributed by atoms with Crippen molar-refractivity contribution in [1.82, 2.24) is 15.0 Å². The highest BCUT2D eigenvalue weighted by atomic mass is 19.2. The second kappa shape index (κ2) is 7.56. The summed E-state index contributed by atoms with van der Waals surface area (Å²) in [7, 11) is 0. The molecule has 0 saturated carbocycles. The van der Waals surface area contributed by atoms with E-state index in [-0.39, 0.29) is 12.2 Å². The molecule has 1 aromatic heterocycles. The maximum Gasteiger partial charge on any atom is 0.338 e. The van der Waals surface area contributed by atoms with E-state index < -0.39 is 17.6 Å². The molecule has 0 aliphatic carbocycles. The Bertz CT molecular complexity index is 1140. The Morgan fingerprint density at radius 3 is 2.57 bits per heavy atom. The van der Waals surface area contributed by atoms with Crippen LogP contribution in [-0.2, 0) is 17.9 Å². The maximum absolute atomic E-state index is 13.6. The highest BCUT2D eigenvalue weighted by Crippen LogP contribution is 2.15. The zero-order valence-corrected chi connectivity index (χ0v) is 14.7. The summed E-state index contributed by atoms with van der Waals surface area (Å²) < 4.78 is 33.7. The van der Waals surface area contributed by atoms with Crippen molar-refractivity contribution < 1.29 is 18.3 Å². The van der Waals surface area contributed by atoms with Gasteiger partial charge in [-0.2, -0.15) is 0 Å². The van der Waals surface area contributed by atoms with E-state index >= 15 is 0 Å². The smallest absolute Gasteiger partial charge is 0.338 e. The molecule has 7 heteroatoms. The quantitative estimate of drug-likeness (QED) is 0.490. The van der Waals surface area contributed by atoms with Crippen LogP contribution in [0.5, 0.6) is 0 Å². The van der Waals surface area contributed by atoms with Crippen molar-refractivity contribution in [2.75, 3.05) is 0 Å². The number of carbonyl (C=O) groups is 1. The van der Waals surface area contributed by atoms with E-state index in [0.717, 1.165) is 22.7 Å². The number of hydrogen-bond acceptors (Lipinski definition) is 4. The van der Waals surface area contributed by atoms with Crippen LogP contribution in [0.1, 0.15) is 21.5 Å². The molecule has 5 nitrogen and oxygen atoms in total. The highest BCUT2D eigenvalue weighted by molar-refractivity contribution is 5.89. The van der Waals surface area contributed by atoms with Gasteiger partial charge in [0, 0.05) is 5.56 Å². The van der Waals surface area contributed by atoms with Crippen LogP contribution in [0.15, 0.2) is 66.7 Å². The van der Waals surface area contributed by atoms with E-state index in [2.05, 4.69) is 10.3 Å². The van der Waals surface area contributed by atoms with E-state index in [1.807, 2.05) is 24.3 Å². The van der Waals surface area contributed by atoms with Crippen LogP contribution in [0.25, 0.3) is 11.0 Å². The van der Waals surface area contributed by atoms with Gasteiger partial charge in [-0.05, 0) is 35.9 Å². The largest absolute Gasteiger partial charge is 0.457 e. The number of hydrogen-bond donors (Lipinski definition) is 0. The first-order valence-corrected chi connectivity index (χ1v) is 8.59. The Balaban J connectivity index is 1.42. The van der Waals surface area contributed by atoms with Crippen LogP contribution >= 0.6 is 0 Å². The van der Waals surface area contributed by atoms with Gasteiger partial charge in [0.1, 0.15) is 12.1 Å². The third-order valence-electron chi connectivity index (χ3n) is 4.33. The van der Waals surface area contributed by atoms with Gasteiger partial charge in [-0.25, -0.2) is 18.3 Å². The molecule has 0 aliphatic rings. The van der Waals surface area contributed by atoms with Gasteiger partial charge in [-0.1, -0.05) is 41.6 Å². The molecule has 0 saturated heterocycles. The number of halogens is 2. The number of esters is 1.